The highest BCUT2D eigenvalue weighted by atomic mass is 79.9. The third-order valence-corrected chi connectivity index (χ3v) is 4.00. The number of halogens is 3. The van der Waals surface area contributed by atoms with Crippen LogP contribution in [0.2, 0.25) is 10.0 Å². The number of hydrogen-bond acceptors (Lipinski definition) is 1. The second-order valence-electron chi connectivity index (χ2n) is 4.37. The van der Waals surface area contributed by atoms with Crippen molar-refractivity contribution in [2.24, 2.45) is 0 Å². The fraction of sp³-hybridized carbons (Fsp3) is 0.133. The molecule has 0 bridgehead atoms. The summed E-state index contributed by atoms with van der Waals surface area (Å²) in [6, 6.07) is 12.4. The summed E-state index contributed by atoms with van der Waals surface area (Å²) in [6.07, 6.45) is 0. The van der Waals surface area contributed by atoms with E-state index in [0.29, 0.717) is 20.1 Å². The molecule has 104 valence electrons. The Kier molecular flexibility index (Phi) is 5.08. The summed E-state index contributed by atoms with van der Waals surface area (Å²) in [6.45, 7) is 1.91. The van der Waals surface area contributed by atoms with Crippen LogP contribution in [-0.2, 0) is 0 Å². The smallest absolute Gasteiger partial charge is 0.252 e. The lowest BCUT2D eigenvalue weighted by molar-refractivity contribution is 0.0939. The summed E-state index contributed by atoms with van der Waals surface area (Å²) in [7, 11) is 0. The number of rotatable bonds is 3. The van der Waals surface area contributed by atoms with E-state index in [-0.39, 0.29) is 11.9 Å². The van der Waals surface area contributed by atoms with E-state index in [0.717, 1.165) is 5.56 Å². The molecule has 1 amide bonds. The minimum Gasteiger partial charge on any atom is -0.345 e. The highest BCUT2D eigenvalue weighted by Gasteiger charge is 2.14. The van der Waals surface area contributed by atoms with Crippen molar-refractivity contribution in [3.05, 3.63) is 68.1 Å². The summed E-state index contributed by atoms with van der Waals surface area (Å²) in [5, 5.41) is 4.16. The van der Waals surface area contributed by atoms with Gasteiger partial charge in [-0.25, -0.2) is 0 Å². The Labute approximate surface area is 136 Å². The molecule has 20 heavy (non-hydrogen) atoms. The van der Waals surface area contributed by atoms with E-state index in [1.807, 2.05) is 25.1 Å². The molecule has 1 N–H and O–H groups in total. The normalized spacial score (nSPS) is 12.0. The molecule has 0 aromatic heterocycles. The average molecular weight is 373 g/mol. The topological polar surface area (TPSA) is 29.1 Å². The van der Waals surface area contributed by atoms with E-state index in [9.17, 15) is 4.79 Å². The van der Waals surface area contributed by atoms with Crippen LogP contribution in [-0.4, -0.2) is 5.91 Å². The molecule has 5 heteroatoms. The van der Waals surface area contributed by atoms with Gasteiger partial charge in [-0.3, -0.25) is 4.79 Å². The number of hydrogen-bond donors (Lipinski definition) is 1. The molecular formula is C15H12BrCl2NO. The minimum atomic E-state index is -0.166. The molecule has 2 rings (SSSR count). The van der Waals surface area contributed by atoms with Crippen molar-refractivity contribution in [3.63, 3.8) is 0 Å². The van der Waals surface area contributed by atoms with Crippen molar-refractivity contribution in [3.8, 4) is 0 Å². The Morgan fingerprint density at radius 3 is 2.50 bits per heavy atom. The van der Waals surface area contributed by atoms with Crippen LogP contribution in [0, 0.1) is 0 Å². The molecule has 0 aliphatic rings. The van der Waals surface area contributed by atoms with Crippen molar-refractivity contribution in [2.75, 3.05) is 0 Å². The van der Waals surface area contributed by atoms with Crippen molar-refractivity contribution >= 4 is 45.0 Å². The van der Waals surface area contributed by atoms with Gasteiger partial charge in [0, 0.05) is 14.5 Å². The monoisotopic (exact) mass is 371 g/mol. The van der Waals surface area contributed by atoms with Crippen molar-refractivity contribution < 1.29 is 4.79 Å². The first-order valence-electron chi connectivity index (χ1n) is 5.99. The molecule has 0 radical (unpaired) electrons. The summed E-state index contributed by atoms with van der Waals surface area (Å²) < 4.78 is 0.667. The molecule has 0 aliphatic carbocycles. The largest absolute Gasteiger partial charge is 0.345 e. The summed E-state index contributed by atoms with van der Waals surface area (Å²) in [5.41, 5.74) is 1.50. The number of carbonyl (C=O) groups is 1. The molecular weight excluding hydrogens is 361 g/mol. The first-order chi connectivity index (χ1) is 9.47. The fourth-order valence-electron chi connectivity index (χ4n) is 1.81. The molecule has 0 saturated carbocycles. The molecule has 0 heterocycles. The van der Waals surface area contributed by atoms with Crippen molar-refractivity contribution in [1.29, 1.82) is 0 Å². The zero-order valence-corrected chi connectivity index (χ0v) is 13.8. The quantitative estimate of drug-likeness (QED) is 0.783. The van der Waals surface area contributed by atoms with Gasteiger partial charge in [-0.05, 0) is 58.7 Å². The van der Waals surface area contributed by atoms with E-state index < -0.39 is 0 Å². The number of carbonyl (C=O) groups excluding carboxylic acids is 1. The maximum absolute atomic E-state index is 12.2. The third-order valence-electron chi connectivity index (χ3n) is 2.87. The van der Waals surface area contributed by atoms with Crippen molar-refractivity contribution in [2.45, 2.75) is 13.0 Å². The van der Waals surface area contributed by atoms with Gasteiger partial charge in [0.15, 0.2) is 0 Å². The van der Waals surface area contributed by atoms with E-state index >= 15 is 0 Å². The number of benzene rings is 2. The van der Waals surface area contributed by atoms with Crippen LogP contribution in [0.25, 0.3) is 0 Å². The van der Waals surface area contributed by atoms with Crippen LogP contribution in [0.5, 0.6) is 0 Å². The lowest BCUT2D eigenvalue weighted by Crippen LogP contribution is -2.26. The van der Waals surface area contributed by atoms with E-state index in [2.05, 4.69) is 21.2 Å². The number of amides is 1. The van der Waals surface area contributed by atoms with Gasteiger partial charge in [-0.15, -0.1) is 0 Å². The standard InChI is InChI=1S/C15H12BrCl2NO/c1-9(10-3-2-4-11(17)7-10)19-15(20)13-6-5-12(18)8-14(13)16/h2-9H,1H3,(H,19,20). The molecule has 0 fully saturated rings. The average Bonchev–Trinajstić information content (AvgIpc) is 2.38. The predicted octanol–water partition coefficient (Wildman–Crippen LogP) is 5.25. The molecule has 2 aromatic carbocycles. The minimum absolute atomic E-state index is 0.135. The highest BCUT2D eigenvalue weighted by molar-refractivity contribution is 9.10. The maximum atomic E-state index is 12.2. The van der Waals surface area contributed by atoms with E-state index in [1.54, 1.807) is 24.3 Å². The summed E-state index contributed by atoms with van der Waals surface area (Å²) in [4.78, 5) is 12.2. The van der Waals surface area contributed by atoms with Gasteiger partial charge in [-0.1, -0.05) is 35.3 Å². The molecule has 2 nitrogen and oxygen atoms in total. The molecule has 0 spiro atoms. The van der Waals surface area contributed by atoms with Crippen LogP contribution < -0.4 is 5.32 Å². The summed E-state index contributed by atoms with van der Waals surface area (Å²) >= 11 is 15.2. The first kappa shape index (κ1) is 15.4. The van der Waals surface area contributed by atoms with Crippen LogP contribution in [0.15, 0.2) is 46.9 Å². The number of nitrogens with one attached hydrogen (secondary N) is 1. The van der Waals surface area contributed by atoms with Gasteiger partial charge in [-0.2, -0.15) is 0 Å². The van der Waals surface area contributed by atoms with Gasteiger partial charge in [0.25, 0.3) is 5.91 Å². The Morgan fingerprint density at radius 1 is 1.15 bits per heavy atom. The van der Waals surface area contributed by atoms with Gasteiger partial charge in [0.1, 0.15) is 0 Å². The van der Waals surface area contributed by atoms with E-state index in [4.69, 9.17) is 23.2 Å². The Bertz CT molecular complexity index is 646. The van der Waals surface area contributed by atoms with Gasteiger partial charge in [0.2, 0.25) is 0 Å². The first-order valence-corrected chi connectivity index (χ1v) is 7.53. The van der Waals surface area contributed by atoms with Crippen LogP contribution in [0.1, 0.15) is 28.9 Å². The zero-order valence-electron chi connectivity index (χ0n) is 10.7. The van der Waals surface area contributed by atoms with Crippen molar-refractivity contribution in [1.82, 2.24) is 5.32 Å². The Morgan fingerprint density at radius 2 is 1.85 bits per heavy atom. The Hall–Kier alpha value is -1.03. The van der Waals surface area contributed by atoms with Crippen LogP contribution in [0.3, 0.4) is 0 Å². The second-order valence-corrected chi connectivity index (χ2v) is 6.10. The second kappa shape index (κ2) is 6.61. The molecule has 2 aromatic rings. The van der Waals surface area contributed by atoms with Gasteiger partial charge in [0.05, 0.1) is 11.6 Å². The zero-order chi connectivity index (χ0) is 14.7. The summed E-state index contributed by atoms with van der Waals surface area (Å²) in [5.74, 6) is -0.166. The Balaban J connectivity index is 2.15. The lowest BCUT2D eigenvalue weighted by atomic mass is 10.1. The SMILES string of the molecule is CC(NC(=O)c1ccc(Cl)cc1Br)c1cccc(Cl)c1. The molecule has 0 aliphatic heterocycles. The van der Waals surface area contributed by atoms with Crippen LogP contribution >= 0.6 is 39.1 Å². The highest BCUT2D eigenvalue weighted by Crippen LogP contribution is 2.23. The lowest BCUT2D eigenvalue weighted by Gasteiger charge is -2.15. The molecule has 1 unspecified atom stereocenters. The molecule has 0 saturated heterocycles. The predicted molar refractivity (Wildman–Crippen MR) is 86.5 cm³/mol. The van der Waals surface area contributed by atoms with Crippen LogP contribution in [0.4, 0.5) is 0 Å². The fourth-order valence-corrected chi connectivity index (χ4v) is 2.87. The van der Waals surface area contributed by atoms with E-state index in [1.165, 1.54) is 0 Å². The van der Waals surface area contributed by atoms with Gasteiger partial charge >= 0.3 is 0 Å². The molecule has 1 atom stereocenters. The maximum Gasteiger partial charge on any atom is 0.252 e. The third kappa shape index (κ3) is 3.75. The van der Waals surface area contributed by atoms with Gasteiger partial charge < -0.3 is 5.32 Å².